The summed E-state index contributed by atoms with van der Waals surface area (Å²) in [4.78, 5) is 16.1. The molecule has 0 radical (unpaired) electrons. The number of ether oxygens (including phenoxy) is 1. The van der Waals surface area contributed by atoms with Crippen molar-refractivity contribution in [3.05, 3.63) is 65.9 Å². The molecule has 4 aromatic rings. The first kappa shape index (κ1) is 17.1. The van der Waals surface area contributed by atoms with E-state index < -0.39 is 0 Å². The maximum absolute atomic E-state index is 11.7. The van der Waals surface area contributed by atoms with Crippen LogP contribution in [0.15, 0.2) is 64.0 Å². The van der Waals surface area contributed by atoms with Crippen molar-refractivity contribution in [1.82, 2.24) is 4.57 Å². The van der Waals surface area contributed by atoms with E-state index in [1.54, 1.807) is 37.4 Å². The second-order valence-corrected chi connectivity index (χ2v) is 6.15. The molecule has 136 valence electrons. The summed E-state index contributed by atoms with van der Waals surface area (Å²) in [6.45, 7) is 5.14. The third-order valence-electron chi connectivity index (χ3n) is 4.50. The predicted molar refractivity (Wildman–Crippen MR) is 107 cm³/mol. The minimum absolute atomic E-state index is 0.325. The molecule has 0 atom stereocenters. The van der Waals surface area contributed by atoms with Crippen molar-refractivity contribution in [3.8, 4) is 0 Å². The van der Waals surface area contributed by atoms with E-state index in [1.165, 1.54) is 5.52 Å². The summed E-state index contributed by atoms with van der Waals surface area (Å²) >= 11 is 0. The molecule has 0 unspecified atom stereocenters. The van der Waals surface area contributed by atoms with E-state index in [-0.39, 0.29) is 5.97 Å². The fourth-order valence-corrected chi connectivity index (χ4v) is 3.26. The molecule has 0 aliphatic carbocycles. The molecule has 0 amide bonds. The minimum atomic E-state index is -0.325. The molecular formula is C22H20N2O3. The molecule has 4 rings (SSSR count). The Kier molecular flexibility index (Phi) is 4.50. The van der Waals surface area contributed by atoms with Crippen molar-refractivity contribution in [3.63, 3.8) is 0 Å². The van der Waals surface area contributed by atoms with E-state index in [0.717, 1.165) is 28.7 Å². The van der Waals surface area contributed by atoms with Gasteiger partial charge in [0.25, 0.3) is 0 Å². The first-order valence-corrected chi connectivity index (χ1v) is 9.03. The standard InChI is InChI=1S/C22H20N2O3/c1-3-24-19-8-6-5-7-18(19)21-20(24)13-17(27-21)14-23-16-11-9-15(10-12-16)22(25)26-4-2/h5-14H,3-4H2,1-2H3. The number of furan rings is 1. The smallest absolute Gasteiger partial charge is 0.338 e. The third kappa shape index (κ3) is 3.12. The summed E-state index contributed by atoms with van der Waals surface area (Å²) < 4.78 is 13.3. The lowest BCUT2D eigenvalue weighted by molar-refractivity contribution is 0.0526. The van der Waals surface area contributed by atoms with Gasteiger partial charge in [-0.2, -0.15) is 0 Å². The Morgan fingerprint density at radius 3 is 2.63 bits per heavy atom. The van der Waals surface area contributed by atoms with E-state index in [4.69, 9.17) is 9.15 Å². The van der Waals surface area contributed by atoms with Gasteiger partial charge < -0.3 is 13.7 Å². The van der Waals surface area contributed by atoms with Gasteiger partial charge in [-0.25, -0.2) is 4.79 Å². The van der Waals surface area contributed by atoms with Crippen LogP contribution in [-0.2, 0) is 11.3 Å². The topological polar surface area (TPSA) is 56.7 Å². The van der Waals surface area contributed by atoms with Gasteiger partial charge >= 0.3 is 5.97 Å². The van der Waals surface area contributed by atoms with Crippen molar-refractivity contribution in [2.75, 3.05) is 6.61 Å². The molecule has 0 bridgehead atoms. The summed E-state index contributed by atoms with van der Waals surface area (Å²) in [7, 11) is 0. The van der Waals surface area contributed by atoms with Gasteiger partial charge in [0.05, 0.1) is 35.1 Å². The molecular weight excluding hydrogens is 340 g/mol. The lowest BCUT2D eigenvalue weighted by Gasteiger charge is -2.01. The first-order valence-electron chi connectivity index (χ1n) is 9.03. The molecule has 27 heavy (non-hydrogen) atoms. The predicted octanol–water partition coefficient (Wildman–Crippen LogP) is 5.33. The van der Waals surface area contributed by atoms with E-state index in [1.807, 2.05) is 18.2 Å². The van der Waals surface area contributed by atoms with Gasteiger partial charge in [-0.1, -0.05) is 12.1 Å². The fourth-order valence-electron chi connectivity index (χ4n) is 3.26. The molecule has 0 aliphatic heterocycles. The Morgan fingerprint density at radius 1 is 1.11 bits per heavy atom. The highest BCUT2D eigenvalue weighted by Crippen LogP contribution is 2.31. The van der Waals surface area contributed by atoms with Crippen LogP contribution in [0.25, 0.3) is 22.0 Å². The quantitative estimate of drug-likeness (QED) is 0.357. The highest BCUT2D eigenvalue weighted by Gasteiger charge is 2.13. The molecule has 5 nitrogen and oxygen atoms in total. The highest BCUT2D eigenvalue weighted by atomic mass is 16.5. The van der Waals surface area contributed by atoms with Crippen molar-refractivity contribution in [2.24, 2.45) is 4.99 Å². The third-order valence-corrected chi connectivity index (χ3v) is 4.50. The summed E-state index contributed by atoms with van der Waals surface area (Å²) in [5, 5.41) is 1.10. The average Bonchev–Trinajstić information content (AvgIpc) is 3.23. The van der Waals surface area contributed by atoms with Gasteiger partial charge in [-0.05, 0) is 50.2 Å². The summed E-state index contributed by atoms with van der Waals surface area (Å²) in [6, 6.07) is 17.2. The summed E-state index contributed by atoms with van der Waals surface area (Å²) in [6.07, 6.45) is 1.70. The van der Waals surface area contributed by atoms with Crippen molar-refractivity contribution in [1.29, 1.82) is 0 Å². The van der Waals surface area contributed by atoms with Crippen LogP contribution >= 0.6 is 0 Å². The summed E-state index contributed by atoms with van der Waals surface area (Å²) in [5.74, 6) is 0.372. The van der Waals surface area contributed by atoms with Crippen molar-refractivity contribution < 1.29 is 13.9 Å². The molecule has 2 aromatic carbocycles. The van der Waals surface area contributed by atoms with E-state index in [9.17, 15) is 4.79 Å². The molecule has 2 heterocycles. The van der Waals surface area contributed by atoms with Crippen LogP contribution in [0.1, 0.15) is 30.0 Å². The number of aryl methyl sites for hydroxylation is 1. The number of fused-ring (bicyclic) bond motifs is 3. The number of hydrogen-bond donors (Lipinski definition) is 0. The molecule has 0 saturated carbocycles. The first-order chi connectivity index (χ1) is 13.2. The zero-order valence-corrected chi connectivity index (χ0v) is 15.3. The van der Waals surface area contributed by atoms with Crippen LogP contribution in [0.5, 0.6) is 0 Å². The maximum atomic E-state index is 11.7. The van der Waals surface area contributed by atoms with E-state index in [2.05, 4.69) is 28.6 Å². The average molecular weight is 360 g/mol. The molecule has 0 saturated heterocycles. The number of esters is 1. The Labute approximate surface area is 156 Å². The second-order valence-electron chi connectivity index (χ2n) is 6.15. The van der Waals surface area contributed by atoms with Crippen LogP contribution in [0.3, 0.4) is 0 Å². The Hall–Kier alpha value is -3.34. The Balaban J connectivity index is 1.62. The van der Waals surface area contributed by atoms with Crippen LogP contribution in [-0.4, -0.2) is 23.4 Å². The summed E-state index contributed by atoms with van der Waals surface area (Å²) in [5.41, 5.74) is 4.38. The molecule has 0 fully saturated rings. The van der Waals surface area contributed by atoms with Gasteiger partial charge in [0.2, 0.25) is 0 Å². The van der Waals surface area contributed by atoms with Gasteiger partial charge in [0.15, 0.2) is 5.58 Å². The van der Waals surface area contributed by atoms with Crippen molar-refractivity contribution >= 4 is 39.9 Å². The SMILES string of the molecule is CCOC(=O)c1ccc(N=Cc2cc3c(o2)c2ccccc2n3CC)cc1. The van der Waals surface area contributed by atoms with Crippen LogP contribution in [0, 0.1) is 0 Å². The number of carbonyl (C=O) groups is 1. The number of aromatic nitrogens is 1. The number of hydrogen-bond acceptors (Lipinski definition) is 4. The normalized spacial score (nSPS) is 11.6. The maximum Gasteiger partial charge on any atom is 0.338 e. The monoisotopic (exact) mass is 360 g/mol. The molecule has 0 N–H and O–H groups in total. The van der Waals surface area contributed by atoms with Gasteiger partial charge in [-0.3, -0.25) is 4.99 Å². The Bertz CT molecular complexity index is 1130. The second kappa shape index (κ2) is 7.11. The van der Waals surface area contributed by atoms with Gasteiger partial charge in [-0.15, -0.1) is 0 Å². The van der Waals surface area contributed by atoms with Crippen LogP contribution < -0.4 is 0 Å². The lowest BCUT2D eigenvalue weighted by atomic mass is 10.2. The molecule has 2 aromatic heterocycles. The highest BCUT2D eigenvalue weighted by molar-refractivity contribution is 6.06. The van der Waals surface area contributed by atoms with Crippen LogP contribution in [0.4, 0.5) is 5.69 Å². The van der Waals surface area contributed by atoms with Crippen LogP contribution in [0.2, 0.25) is 0 Å². The number of para-hydroxylation sites is 1. The fraction of sp³-hybridized carbons (Fsp3) is 0.182. The number of carbonyl (C=O) groups excluding carboxylic acids is 1. The lowest BCUT2D eigenvalue weighted by Crippen LogP contribution is -2.03. The number of nitrogens with zero attached hydrogens (tertiary/aromatic N) is 2. The number of rotatable bonds is 5. The Morgan fingerprint density at radius 2 is 1.89 bits per heavy atom. The largest absolute Gasteiger partial charge is 0.462 e. The van der Waals surface area contributed by atoms with Crippen molar-refractivity contribution in [2.45, 2.75) is 20.4 Å². The molecule has 0 spiro atoms. The van der Waals surface area contributed by atoms with E-state index in [0.29, 0.717) is 17.9 Å². The molecule has 5 heteroatoms. The number of benzene rings is 2. The minimum Gasteiger partial charge on any atom is -0.462 e. The zero-order chi connectivity index (χ0) is 18.8. The van der Waals surface area contributed by atoms with Gasteiger partial charge in [0, 0.05) is 18.0 Å². The van der Waals surface area contributed by atoms with Gasteiger partial charge in [0.1, 0.15) is 5.76 Å². The zero-order valence-electron chi connectivity index (χ0n) is 15.3. The van der Waals surface area contributed by atoms with E-state index >= 15 is 0 Å². The number of aliphatic imine (C=N–C) groups is 1. The molecule has 0 aliphatic rings.